The molecule has 0 aliphatic carbocycles. The van der Waals surface area contributed by atoms with Crippen LogP contribution in [0.2, 0.25) is 5.02 Å². The third-order valence-electron chi connectivity index (χ3n) is 4.94. The number of benzene rings is 2. The van der Waals surface area contributed by atoms with Gasteiger partial charge in [-0.3, -0.25) is 15.6 Å². The number of nitrogens with zero attached hydrogens (tertiary/aromatic N) is 3. The smallest absolute Gasteiger partial charge is 0.416 e. The molecule has 12 heteroatoms. The highest BCUT2D eigenvalue weighted by molar-refractivity contribution is 6.35. The first-order valence-electron chi connectivity index (χ1n) is 10.1. The van der Waals surface area contributed by atoms with Crippen molar-refractivity contribution in [3.63, 3.8) is 0 Å². The van der Waals surface area contributed by atoms with E-state index in [-0.39, 0.29) is 33.5 Å². The largest absolute Gasteiger partial charge is 0.506 e. The highest BCUT2D eigenvalue weighted by atomic mass is 35.5. The molecule has 0 radical (unpaired) electrons. The van der Waals surface area contributed by atoms with Gasteiger partial charge in [0.05, 0.1) is 22.3 Å². The summed E-state index contributed by atoms with van der Waals surface area (Å²) in [6.45, 7) is 4.66. The van der Waals surface area contributed by atoms with E-state index >= 15 is 0 Å². The zero-order valence-electron chi connectivity index (χ0n) is 18.0. The zero-order chi connectivity index (χ0) is 25.0. The monoisotopic (exact) mass is 497 g/mol. The third kappa shape index (κ3) is 5.30. The topological polar surface area (TPSA) is 90.4 Å². The average Bonchev–Trinajstić information content (AvgIpc) is 2.81. The van der Waals surface area contributed by atoms with Crippen molar-refractivity contribution in [2.75, 3.05) is 23.4 Å². The minimum absolute atomic E-state index is 0.0491. The van der Waals surface area contributed by atoms with Crippen molar-refractivity contribution in [3.05, 3.63) is 64.6 Å². The highest BCUT2D eigenvalue weighted by Gasteiger charge is 2.30. The van der Waals surface area contributed by atoms with Crippen molar-refractivity contribution < 1.29 is 27.5 Å². The molecule has 0 bridgehead atoms. The maximum absolute atomic E-state index is 14.0. The quantitative estimate of drug-likeness (QED) is 0.304. The SMILES string of the molecule is CCN(CC)c1nc(NNC(=O)c2ccc(-c3cccc(C(F)(F)F)c3)c(Cl)c2O)ncc1F. The summed E-state index contributed by atoms with van der Waals surface area (Å²) >= 11 is 6.16. The number of amides is 1. The maximum Gasteiger partial charge on any atom is 0.416 e. The summed E-state index contributed by atoms with van der Waals surface area (Å²) in [6.07, 6.45) is -3.60. The van der Waals surface area contributed by atoms with Crippen LogP contribution in [0.1, 0.15) is 29.8 Å². The number of hydrogen-bond donors (Lipinski definition) is 3. The molecule has 3 aromatic rings. The Morgan fingerprint density at radius 1 is 1.18 bits per heavy atom. The molecule has 1 aromatic heterocycles. The Balaban J connectivity index is 1.81. The van der Waals surface area contributed by atoms with Crippen LogP contribution in [-0.4, -0.2) is 34.1 Å². The van der Waals surface area contributed by atoms with E-state index < -0.39 is 29.2 Å². The standard InChI is InChI=1S/C22H20ClF4N5O2/c1-3-32(4-2)19-16(24)11-28-21(29-19)31-30-20(34)15-9-8-14(17(23)18(15)33)12-6-5-7-13(10-12)22(25,26)27/h5-11,33H,3-4H2,1-2H3,(H,30,34)(H,28,29,31). The molecule has 0 aliphatic heterocycles. The van der Waals surface area contributed by atoms with E-state index in [0.29, 0.717) is 13.1 Å². The molecule has 0 aliphatic rings. The summed E-state index contributed by atoms with van der Waals surface area (Å²) in [5.41, 5.74) is 3.80. The van der Waals surface area contributed by atoms with Gasteiger partial charge in [-0.2, -0.15) is 18.2 Å². The van der Waals surface area contributed by atoms with Crippen molar-refractivity contribution in [2.45, 2.75) is 20.0 Å². The molecule has 180 valence electrons. The number of hydrogen-bond acceptors (Lipinski definition) is 6. The van der Waals surface area contributed by atoms with Gasteiger partial charge in [-0.15, -0.1) is 0 Å². The van der Waals surface area contributed by atoms with E-state index in [1.54, 1.807) is 4.90 Å². The van der Waals surface area contributed by atoms with Gasteiger partial charge in [0.1, 0.15) is 5.75 Å². The van der Waals surface area contributed by atoms with E-state index in [0.717, 1.165) is 18.3 Å². The van der Waals surface area contributed by atoms with Gasteiger partial charge in [0.15, 0.2) is 11.6 Å². The molecule has 2 aromatic carbocycles. The number of nitrogens with one attached hydrogen (secondary N) is 2. The lowest BCUT2D eigenvalue weighted by Crippen LogP contribution is -2.31. The summed E-state index contributed by atoms with van der Waals surface area (Å²) in [4.78, 5) is 22.0. The molecule has 0 fully saturated rings. The van der Waals surface area contributed by atoms with Crippen molar-refractivity contribution in [1.82, 2.24) is 15.4 Å². The van der Waals surface area contributed by atoms with Crippen LogP contribution in [0.25, 0.3) is 11.1 Å². The number of phenols is 1. The molecule has 3 N–H and O–H groups in total. The van der Waals surface area contributed by atoms with Crippen molar-refractivity contribution in [3.8, 4) is 16.9 Å². The summed E-state index contributed by atoms with van der Waals surface area (Å²) in [7, 11) is 0. The average molecular weight is 498 g/mol. The van der Waals surface area contributed by atoms with Gasteiger partial charge >= 0.3 is 6.18 Å². The number of carbonyl (C=O) groups is 1. The zero-order valence-corrected chi connectivity index (χ0v) is 18.8. The number of rotatable bonds is 7. The van der Waals surface area contributed by atoms with E-state index in [1.165, 1.54) is 24.3 Å². The summed E-state index contributed by atoms with van der Waals surface area (Å²) < 4.78 is 53.1. The molecule has 0 spiro atoms. The van der Waals surface area contributed by atoms with Gasteiger partial charge in [-0.1, -0.05) is 29.8 Å². The maximum atomic E-state index is 14.0. The Hall–Kier alpha value is -3.60. The molecule has 3 rings (SSSR count). The Kier molecular flexibility index (Phi) is 7.45. The first kappa shape index (κ1) is 25.0. The normalized spacial score (nSPS) is 11.3. The fraction of sp³-hybridized carbons (Fsp3) is 0.227. The highest BCUT2D eigenvalue weighted by Crippen LogP contribution is 2.39. The molecular weight excluding hydrogens is 478 g/mol. The van der Waals surface area contributed by atoms with Crippen LogP contribution in [-0.2, 0) is 6.18 Å². The van der Waals surface area contributed by atoms with Crippen molar-refractivity contribution >= 4 is 29.3 Å². The Labute approximate surface area is 197 Å². The number of carbonyl (C=O) groups excluding carboxylic acids is 1. The van der Waals surface area contributed by atoms with E-state index in [4.69, 9.17) is 11.6 Å². The number of aromatic nitrogens is 2. The minimum atomic E-state index is -4.55. The molecule has 0 unspecified atom stereocenters. The molecule has 7 nitrogen and oxygen atoms in total. The molecule has 0 atom stereocenters. The fourth-order valence-corrected chi connectivity index (χ4v) is 3.45. The van der Waals surface area contributed by atoms with Crippen LogP contribution in [0.4, 0.5) is 29.3 Å². The van der Waals surface area contributed by atoms with Crippen LogP contribution in [0.5, 0.6) is 5.75 Å². The molecule has 1 heterocycles. The van der Waals surface area contributed by atoms with Gasteiger partial charge in [0.25, 0.3) is 5.91 Å². The van der Waals surface area contributed by atoms with Crippen LogP contribution in [0, 0.1) is 5.82 Å². The van der Waals surface area contributed by atoms with Crippen LogP contribution < -0.4 is 15.8 Å². The number of anilines is 2. The molecule has 34 heavy (non-hydrogen) atoms. The molecule has 1 amide bonds. The van der Waals surface area contributed by atoms with E-state index in [1.807, 2.05) is 13.8 Å². The lowest BCUT2D eigenvalue weighted by molar-refractivity contribution is -0.137. The van der Waals surface area contributed by atoms with Crippen LogP contribution >= 0.6 is 11.6 Å². The molecule has 0 saturated carbocycles. The van der Waals surface area contributed by atoms with Crippen LogP contribution in [0.15, 0.2) is 42.6 Å². The van der Waals surface area contributed by atoms with Gasteiger partial charge < -0.3 is 10.0 Å². The number of hydrazine groups is 1. The predicted molar refractivity (Wildman–Crippen MR) is 120 cm³/mol. The van der Waals surface area contributed by atoms with E-state index in [2.05, 4.69) is 20.8 Å². The Morgan fingerprint density at radius 3 is 2.53 bits per heavy atom. The first-order chi connectivity index (χ1) is 16.1. The van der Waals surface area contributed by atoms with Gasteiger partial charge in [0.2, 0.25) is 5.95 Å². The minimum Gasteiger partial charge on any atom is -0.506 e. The van der Waals surface area contributed by atoms with Crippen molar-refractivity contribution in [1.29, 1.82) is 0 Å². The lowest BCUT2D eigenvalue weighted by Gasteiger charge is -2.20. The number of halogens is 5. The molecular formula is C22H20ClF4N5O2. The summed E-state index contributed by atoms with van der Waals surface area (Å²) in [6, 6.07) is 6.94. The van der Waals surface area contributed by atoms with Crippen LogP contribution in [0.3, 0.4) is 0 Å². The van der Waals surface area contributed by atoms with Gasteiger partial charge in [-0.25, -0.2) is 9.37 Å². The summed E-state index contributed by atoms with van der Waals surface area (Å²) in [5, 5.41) is 10.1. The number of alkyl halides is 3. The third-order valence-corrected chi connectivity index (χ3v) is 5.32. The lowest BCUT2D eigenvalue weighted by atomic mass is 10.0. The second kappa shape index (κ2) is 10.1. The van der Waals surface area contributed by atoms with Gasteiger partial charge in [-0.05, 0) is 37.6 Å². The Bertz CT molecular complexity index is 1200. The second-order valence-electron chi connectivity index (χ2n) is 7.02. The summed E-state index contributed by atoms with van der Waals surface area (Å²) in [5.74, 6) is -2.13. The second-order valence-corrected chi connectivity index (χ2v) is 7.40. The fourth-order valence-electron chi connectivity index (χ4n) is 3.18. The predicted octanol–water partition coefficient (Wildman–Crippen LogP) is 5.26. The Morgan fingerprint density at radius 2 is 1.88 bits per heavy atom. The number of aromatic hydroxyl groups is 1. The van der Waals surface area contributed by atoms with E-state index in [9.17, 15) is 27.5 Å². The van der Waals surface area contributed by atoms with Crippen molar-refractivity contribution in [2.24, 2.45) is 0 Å². The first-order valence-corrected chi connectivity index (χ1v) is 10.5. The number of phenolic OH excluding ortho intramolecular Hbond substituents is 1. The van der Waals surface area contributed by atoms with Gasteiger partial charge in [0, 0.05) is 18.7 Å². The molecule has 0 saturated heterocycles.